The highest BCUT2D eigenvalue weighted by molar-refractivity contribution is 7.92. The second kappa shape index (κ2) is 6.11. The van der Waals surface area contributed by atoms with Crippen LogP contribution >= 0.6 is 0 Å². The van der Waals surface area contributed by atoms with Crippen LogP contribution in [0.2, 0.25) is 0 Å². The lowest BCUT2D eigenvalue weighted by atomic mass is 10.1. The van der Waals surface area contributed by atoms with Gasteiger partial charge in [-0.15, -0.1) is 0 Å². The molecular formula is C12H18FN3O4S2. The molecule has 1 aromatic rings. The first-order valence-electron chi connectivity index (χ1n) is 6.63. The number of nitrogens with two attached hydrogens (primary N) is 1. The van der Waals surface area contributed by atoms with E-state index in [-0.39, 0.29) is 23.2 Å². The summed E-state index contributed by atoms with van der Waals surface area (Å²) in [5.41, 5.74) is 5.47. The molecule has 1 aromatic carbocycles. The molecule has 0 saturated carbocycles. The molecule has 1 unspecified atom stereocenters. The predicted octanol–water partition coefficient (Wildman–Crippen LogP) is 0.309. The van der Waals surface area contributed by atoms with Gasteiger partial charge in [-0.25, -0.2) is 21.2 Å². The Balaban J connectivity index is 2.30. The van der Waals surface area contributed by atoms with E-state index in [1.165, 1.54) is 10.4 Å². The molecule has 1 aliphatic rings. The SMILES string of the molecule is CS(=O)(=O)Nc1ccc(S(=O)(=O)N2CCCC(N)C2)cc1F. The summed E-state index contributed by atoms with van der Waals surface area (Å²) in [7, 11) is -7.48. The Kier molecular flexibility index (Phi) is 4.76. The average Bonchev–Trinajstić information content (AvgIpc) is 2.39. The number of sulfonamides is 2. The molecule has 22 heavy (non-hydrogen) atoms. The minimum atomic E-state index is -3.84. The Morgan fingerprint density at radius 2 is 2.00 bits per heavy atom. The summed E-state index contributed by atoms with van der Waals surface area (Å²) in [4.78, 5) is -0.224. The van der Waals surface area contributed by atoms with Crippen LogP contribution in [-0.2, 0) is 20.0 Å². The van der Waals surface area contributed by atoms with Crippen LogP contribution in [0.5, 0.6) is 0 Å². The van der Waals surface area contributed by atoms with E-state index in [2.05, 4.69) is 0 Å². The number of rotatable bonds is 4. The van der Waals surface area contributed by atoms with E-state index < -0.39 is 25.9 Å². The minimum absolute atomic E-state index is 0.188. The van der Waals surface area contributed by atoms with Gasteiger partial charge in [0, 0.05) is 19.1 Å². The van der Waals surface area contributed by atoms with Crippen LogP contribution in [-0.4, -0.2) is 46.5 Å². The van der Waals surface area contributed by atoms with E-state index in [0.29, 0.717) is 13.0 Å². The maximum atomic E-state index is 13.9. The number of halogens is 1. The van der Waals surface area contributed by atoms with Crippen LogP contribution in [0.25, 0.3) is 0 Å². The molecule has 3 N–H and O–H groups in total. The van der Waals surface area contributed by atoms with Gasteiger partial charge in [0.1, 0.15) is 5.82 Å². The summed E-state index contributed by atoms with van der Waals surface area (Å²) < 4.78 is 64.2. The largest absolute Gasteiger partial charge is 0.327 e. The molecule has 1 heterocycles. The van der Waals surface area contributed by atoms with Crippen LogP contribution in [0, 0.1) is 5.82 Å². The third-order valence-electron chi connectivity index (χ3n) is 3.29. The Morgan fingerprint density at radius 3 is 2.55 bits per heavy atom. The van der Waals surface area contributed by atoms with Crippen molar-refractivity contribution in [3.05, 3.63) is 24.0 Å². The van der Waals surface area contributed by atoms with Gasteiger partial charge in [0.15, 0.2) is 0 Å². The Hall–Kier alpha value is -1.23. The second-order valence-corrected chi connectivity index (χ2v) is 8.97. The smallest absolute Gasteiger partial charge is 0.243 e. The van der Waals surface area contributed by atoms with E-state index in [1.54, 1.807) is 0 Å². The summed E-state index contributed by atoms with van der Waals surface area (Å²) in [5.74, 6) is -0.951. The van der Waals surface area contributed by atoms with Gasteiger partial charge >= 0.3 is 0 Å². The normalized spacial score (nSPS) is 20.8. The van der Waals surface area contributed by atoms with Crippen molar-refractivity contribution < 1.29 is 21.2 Å². The van der Waals surface area contributed by atoms with Crippen LogP contribution in [0.15, 0.2) is 23.1 Å². The zero-order chi connectivity index (χ0) is 16.5. The Morgan fingerprint density at radius 1 is 1.32 bits per heavy atom. The molecule has 0 aromatic heterocycles. The van der Waals surface area contributed by atoms with Crippen molar-refractivity contribution in [3.8, 4) is 0 Å². The quantitative estimate of drug-likeness (QED) is 0.811. The van der Waals surface area contributed by atoms with E-state index >= 15 is 0 Å². The minimum Gasteiger partial charge on any atom is -0.327 e. The zero-order valence-electron chi connectivity index (χ0n) is 12.0. The van der Waals surface area contributed by atoms with Crippen LogP contribution in [0.1, 0.15) is 12.8 Å². The summed E-state index contributed by atoms with van der Waals surface area (Å²) in [6, 6.07) is 2.84. The highest BCUT2D eigenvalue weighted by atomic mass is 32.2. The van der Waals surface area contributed by atoms with Crippen molar-refractivity contribution in [2.75, 3.05) is 24.1 Å². The number of hydrogen-bond acceptors (Lipinski definition) is 5. The lowest BCUT2D eigenvalue weighted by molar-refractivity contribution is 0.316. The van der Waals surface area contributed by atoms with Gasteiger partial charge in [-0.2, -0.15) is 4.31 Å². The van der Waals surface area contributed by atoms with E-state index in [1.807, 2.05) is 4.72 Å². The van der Waals surface area contributed by atoms with Crippen LogP contribution < -0.4 is 10.5 Å². The molecular weight excluding hydrogens is 333 g/mol. The highest BCUT2D eigenvalue weighted by Crippen LogP contribution is 2.24. The molecule has 2 rings (SSSR count). The first-order chi connectivity index (χ1) is 10.1. The van der Waals surface area contributed by atoms with Gasteiger partial charge in [-0.1, -0.05) is 0 Å². The molecule has 0 amide bonds. The van der Waals surface area contributed by atoms with Crippen LogP contribution in [0.3, 0.4) is 0 Å². The van der Waals surface area contributed by atoms with Crippen molar-refractivity contribution in [3.63, 3.8) is 0 Å². The first-order valence-corrected chi connectivity index (χ1v) is 9.96. The summed E-state index contributed by atoms with van der Waals surface area (Å²) >= 11 is 0. The third-order valence-corrected chi connectivity index (χ3v) is 5.75. The lowest BCUT2D eigenvalue weighted by Gasteiger charge is -2.29. The highest BCUT2D eigenvalue weighted by Gasteiger charge is 2.29. The Bertz CT molecular complexity index is 765. The molecule has 10 heteroatoms. The molecule has 0 radical (unpaired) electrons. The van der Waals surface area contributed by atoms with Gasteiger partial charge < -0.3 is 5.73 Å². The van der Waals surface area contributed by atoms with Crippen molar-refractivity contribution in [1.29, 1.82) is 0 Å². The van der Waals surface area contributed by atoms with Crippen molar-refractivity contribution in [2.45, 2.75) is 23.8 Å². The van der Waals surface area contributed by atoms with Crippen molar-refractivity contribution >= 4 is 25.7 Å². The molecule has 1 fully saturated rings. The summed E-state index contributed by atoms with van der Waals surface area (Å²) in [6.07, 6.45) is 2.28. The molecule has 7 nitrogen and oxygen atoms in total. The molecule has 124 valence electrons. The van der Waals surface area contributed by atoms with E-state index in [9.17, 15) is 21.2 Å². The van der Waals surface area contributed by atoms with Crippen molar-refractivity contribution in [1.82, 2.24) is 4.31 Å². The standard InChI is InChI=1S/C12H18FN3O4S2/c1-21(17,18)15-12-5-4-10(7-11(12)13)22(19,20)16-6-2-3-9(14)8-16/h4-5,7,9,15H,2-3,6,8,14H2,1H3. The van der Waals surface area contributed by atoms with Gasteiger partial charge in [-0.3, -0.25) is 4.72 Å². The summed E-state index contributed by atoms with van der Waals surface area (Å²) in [5, 5.41) is 0. The molecule has 0 bridgehead atoms. The number of hydrogen-bond donors (Lipinski definition) is 2. The fourth-order valence-corrected chi connectivity index (χ4v) is 4.39. The number of nitrogens with one attached hydrogen (secondary N) is 1. The fraction of sp³-hybridized carbons (Fsp3) is 0.500. The maximum Gasteiger partial charge on any atom is 0.243 e. The van der Waals surface area contributed by atoms with Gasteiger partial charge in [0.2, 0.25) is 20.0 Å². The number of piperidine rings is 1. The molecule has 0 aliphatic carbocycles. The maximum absolute atomic E-state index is 13.9. The average molecular weight is 351 g/mol. The van der Waals surface area contributed by atoms with Gasteiger partial charge in [0.05, 0.1) is 16.8 Å². The topological polar surface area (TPSA) is 110 Å². The van der Waals surface area contributed by atoms with E-state index in [4.69, 9.17) is 5.73 Å². The zero-order valence-corrected chi connectivity index (χ0v) is 13.6. The monoisotopic (exact) mass is 351 g/mol. The summed E-state index contributed by atoms with van der Waals surface area (Å²) in [6.45, 7) is 0.522. The molecule has 1 saturated heterocycles. The van der Waals surface area contributed by atoms with E-state index in [0.717, 1.165) is 24.8 Å². The molecule has 0 spiro atoms. The predicted molar refractivity (Wildman–Crippen MR) is 80.8 cm³/mol. The van der Waals surface area contributed by atoms with Gasteiger partial charge in [0.25, 0.3) is 0 Å². The Labute approximate surface area is 129 Å². The lowest BCUT2D eigenvalue weighted by Crippen LogP contribution is -2.45. The third kappa shape index (κ3) is 3.94. The number of nitrogens with zero attached hydrogens (tertiary/aromatic N) is 1. The van der Waals surface area contributed by atoms with Gasteiger partial charge in [-0.05, 0) is 31.0 Å². The number of anilines is 1. The fourth-order valence-electron chi connectivity index (χ4n) is 2.28. The first kappa shape index (κ1) is 17.1. The molecule has 1 aliphatic heterocycles. The van der Waals surface area contributed by atoms with Crippen LogP contribution in [0.4, 0.5) is 10.1 Å². The van der Waals surface area contributed by atoms with Crippen molar-refractivity contribution in [2.24, 2.45) is 5.73 Å². The second-order valence-electron chi connectivity index (χ2n) is 5.28. The number of benzene rings is 1. The molecule has 1 atom stereocenters.